The van der Waals surface area contributed by atoms with E-state index in [2.05, 4.69) is 15.6 Å². The molecule has 1 aliphatic heterocycles. The summed E-state index contributed by atoms with van der Waals surface area (Å²) >= 11 is 1.54. The zero-order chi connectivity index (χ0) is 18.1. The van der Waals surface area contributed by atoms with Gasteiger partial charge in [0.15, 0.2) is 0 Å². The lowest BCUT2D eigenvalue weighted by Crippen LogP contribution is -2.44. The number of aromatic nitrogens is 1. The monoisotopic (exact) mass is 372 g/mol. The summed E-state index contributed by atoms with van der Waals surface area (Å²) < 4.78 is 1.08. The minimum atomic E-state index is -0.714. The van der Waals surface area contributed by atoms with Crippen molar-refractivity contribution >= 4 is 39.4 Å². The van der Waals surface area contributed by atoms with Gasteiger partial charge in [0.05, 0.1) is 16.8 Å². The predicted octanol–water partition coefficient (Wildman–Crippen LogP) is 2.17. The average molecular weight is 372 g/mol. The molecule has 1 saturated carbocycles. The maximum atomic E-state index is 12.5. The number of rotatable bonds is 5. The van der Waals surface area contributed by atoms with E-state index in [9.17, 15) is 14.4 Å². The Labute approximate surface area is 154 Å². The molecule has 1 aromatic carbocycles. The number of fused-ring (bicyclic) bond motifs is 1. The van der Waals surface area contributed by atoms with Crippen molar-refractivity contribution in [2.45, 2.75) is 44.2 Å². The molecule has 1 aromatic heterocycles. The maximum absolute atomic E-state index is 12.5. The molecule has 2 aromatic rings. The van der Waals surface area contributed by atoms with Crippen LogP contribution in [0.15, 0.2) is 24.3 Å². The van der Waals surface area contributed by atoms with Crippen LogP contribution in [0.4, 0.5) is 4.79 Å². The van der Waals surface area contributed by atoms with Gasteiger partial charge in [0, 0.05) is 13.0 Å². The van der Waals surface area contributed by atoms with Gasteiger partial charge in [0.25, 0.3) is 5.91 Å². The number of hydrogen-bond acceptors (Lipinski definition) is 5. The summed E-state index contributed by atoms with van der Waals surface area (Å²) in [5.74, 6) is -0.379. The van der Waals surface area contributed by atoms with Gasteiger partial charge in [-0.15, -0.1) is 11.3 Å². The molecule has 1 saturated heterocycles. The van der Waals surface area contributed by atoms with Crippen molar-refractivity contribution in [1.29, 1.82) is 0 Å². The zero-order valence-corrected chi connectivity index (χ0v) is 15.1. The van der Waals surface area contributed by atoms with Crippen molar-refractivity contribution in [2.75, 3.05) is 6.54 Å². The lowest BCUT2D eigenvalue weighted by Gasteiger charge is -2.19. The van der Waals surface area contributed by atoms with Gasteiger partial charge in [-0.05, 0) is 25.0 Å². The molecule has 2 heterocycles. The predicted molar refractivity (Wildman–Crippen MR) is 97.5 cm³/mol. The summed E-state index contributed by atoms with van der Waals surface area (Å²) in [7, 11) is 0. The van der Waals surface area contributed by atoms with E-state index in [1.54, 1.807) is 11.3 Å². The topological polar surface area (TPSA) is 91.4 Å². The van der Waals surface area contributed by atoms with Crippen LogP contribution in [0.2, 0.25) is 0 Å². The molecule has 2 fully saturated rings. The minimum absolute atomic E-state index is 0.0974. The summed E-state index contributed by atoms with van der Waals surface area (Å²) in [5.41, 5.74) is 0.206. The quantitative estimate of drug-likeness (QED) is 0.787. The van der Waals surface area contributed by atoms with Gasteiger partial charge in [-0.1, -0.05) is 25.0 Å². The highest BCUT2D eigenvalue weighted by Gasteiger charge is 2.52. The highest BCUT2D eigenvalue weighted by atomic mass is 32.1. The number of hydrogen-bond donors (Lipinski definition) is 2. The molecule has 8 heteroatoms. The summed E-state index contributed by atoms with van der Waals surface area (Å²) in [4.78, 5) is 42.4. The third-order valence-electron chi connectivity index (χ3n) is 5.04. The molecule has 26 heavy (non-hydrogen) atoms. The lowest BCUT2D eigenvalue weighted by molar-refractivity contribution is -0.131. The first-order chi connectivity index (χ1) is 12.6. The number of para-hydroxylation sites is 1. The summed E-state index contributed by atoms with van der Waals surface area (Å²) in [5, 5.41) is 6.47. The van der Waals surface area contributed by atoms with E-state index in [4.69, 9.17) is 0 Å². The molecule has 0 radical (unpaired) electrons. The number of urea groups is 1. The molecule has 1 aliphatic carbocycles. The third-order valence-corrected chi connectivity index (χ3v) is 6.08. The fourth-order valence-electron chi connectivity index (χ4n) is 3.67. The molecule has 0 unspecified atom stereocenters. The van der Waals surface area contributed by atoms with Gasteiger partial charge in [-0.25, -0.2) is 9.78 Å². The summed E-state index contributed by atoms with van der Waals surface area (Å²) in [6.45, 7) is 0.459. The molecular formula is C18H20N4O3S. The number of nitrogens with zero attached hydrogens (tertiary/aromatic N) is 2. The van der Waals surface area contributed by atoms with Gasteiger partial charge >= 0.3 is 6.03 Å². The standard InChI is InChI=1S/C18H20N4O3S/c23-14(19-11-15-20-12-5-1-2-6-13(12)26-15)7-10-22-16(24)18(21-17(22)25)8-3-4-9-18/h1-2,5-6H,3-4,7-11H2,(H,19,23)(H,21,25). The normalized spacial score (nSPS) is 18.7. The van der Waals surface area contributed by atoms with Crippen LogP contribution in [0.3, 0.4) is 0 Å². The van der Waals surface area contributed by atoms with E-state index in [-0.39, 0.29) is 30.8 Å². The Kier molecular flexibility index (Phi) is 4.36. The maximum Gasteiger partial charge on any atom is 0.325 e. The largest absolute Gasteiger partial charge is 0.350 e. The van der Waals surface area contributed by atoms with Crippen LogP contribution in [0.25, 0.3) is 10.2 Å². The number of carbonyl (C=O) groups excluding carboxylic acids is 3. The second-order valence-electron chi connectivity index (χ2n) is 6.78. The van der Waals surface area contributed by atoms with Crippen LogP contribution in [-0.4, -0.2) is 39.8 Å². The fraction of sp³-hybridized carbons (Fsp3) is 0.444. The Hall–Kier alpha value is -2.48. The van der Waals surface area contributed by atoms with E-state index >= 15 is 0 Å². The highest BCUT2D eigenvalue weighted by molar-refractivity contribution is 7.18. The fourth-order valence-corrected chi connectivity index (χ4v) is 4.58. The van der Waals surface area contributed by atoms with E-state index in [1.165, 1.54) is 4.90 Å². The summed E-state index contributed by atoms with van der Waals surface area (Å²) in [6, 6.07) is 7.44. The number of thiazole rings is 1. The Balaban J connectivity index is 1.30. The molecule has 4 rings (SSSR count). The molecule has 4 amide bonds. The minimum Gasteiger partial charge on any atom is -0.350 e. The molecule has 2 N–H and O–H groups in total. The first-order valence-electron chi connectivity index (χ1n) is 8.83. The van der Waals surface area contributed by atoms with E-state index < -0.39 is 5.54 Å². The van der Waals surface area contributed by atoms with Crippen molar-refractivity contribution in [3.05, 3.63) is 29.3 Å². The van der Waals surface area contributed by atoms with Crippen LogP contribution in [0.1, 0.15) is 37.1 Å². The number of nitrogens with one attached hydrogen (secondary N) is 2. The second-order valence-corrected chi connectivity index (χ2v) is 7.89. The van der Waals surface area contributed by atoms with E-state index in [0.717, 1.165) is 28.1 Å². The van der Waals surface area contributed by atoms with Crippen molar-refractivity contribution in [1.82, 2.24) is 20.5 Å². The Bertz CT molecular complexity index is 839. The smallest absolute Gasteiger partial charge is 0.325 e. The van der Waals surface area contributed by atoms with Gasteiger partial charge in [-0.2, -0.15) is 0 Å². The third kappa shape index (κ3) is 3.05. The number of amides is 4. The lowest BCUT2D eigenvalue weighted by atomic mass is 9.98. The second kappa shape index (κ2) is 6.68. The molecule has 0 bridgehead atoms. The Morgan fingerprint density at radius 2 is 2.04 bits per heavy atom. The zero-order valence-electron chi connectivity index (χ0n) is 14.3. The van der Waals surface area contributed by atoms with Gasteiger partial charge in [-0.3, -0.25) is 14.5 Å². The molecule has 2 aliphatic rings. The van der Waals surface area contributed by atoms with Gasteiger partial charge in [0.1, 0.15) is 10.5 Å². The molecule has 7 nitrogen and oxygen atoms in total. The van der Waals surface area contributed by atoms with Crippen molar-refractivity contribution in [3.8, 4) is 0 Å². The number of imide groups is 1. The van der Waals surface area contributed by atoms with Crippen molar-refractivity contribution < 1.29 is 14.4 Å². The van der Waals surface area contributed by atoms with Crippen LogP contribution in [-0.2, 0) is 16.1 Å². The SMILES string of the molecule is O=C(CCN1C(=O)NC2(CCCC2)C1=O)NCc1nc2ccccc2s1. The van der Waals surface area contributed by atoms with Gasteiger partial charge in [0.2, 0.25) is 5.91 Å². The van der Waals surface area contributed by atoms with E-state index in [1.807, 2.05) is 24.3 Å². The van der Waals surface area contributed by atoms with Crippen molar-refractivity contribution in [2.24, 2.45) is 0 Å². The number of carbonyl (C=O) groups is 3. The highest BCUT2D eigenvalue weighted by Crippen LogP contribution is 2.35. The first-order valence-corrected chi connectivity index (χ1v) is 9.64. The van der Waals surface area contributed by atoms with Crippen LogP contribution >= 0.6 is 11.3 Å². The van der Waals surface area contributed by atoms with Gasteiger partial charge < -0.3 is 10.6 Å². The summed E-state index contributed by atoms with van der Waals surface area (Å²) in [6.07, 6.45) is 3.38. The number of benzene rings is 1. The Morgan fingerprint density at radius 1 is 1.27 bits per heavy atom. The molecule has 136 valence electrons. The molecule has 1 spiro atoms. The van der Waals surface area contributed by atoms with Crippen LogP contribution in [0, 0.1) is 0 Å². The average Bonchev–Trinajstić information content (AvgIpc) is 3.31. The molecular weight excluding hydrogens is 352 g/mol. The van der Waals surface area contributed by atoms with Crippen LogP contribution < -0.4 is 10.6 Å². The first kappa shape index (κ1) is 17.0. The molecule has 0 atom stereocenters. The van der Waals surface area contributed by atoms with E-state index in [0.29, 0.717) is 19.4 Å². The van der Waals surface area contributed by atoms with Crippen LogP contribution in [0.5, 0.6) is 0 Å². The van der Waals surface area contributed by atoms with Crippen molar-refractivity contribution in [3.63, 3.8) is 0 Å². The Morgan fingerprint density at radius 3 is 2.81 bits per heavy atom.